The first kappa shape index (κ1) is 9.57. The quantitative estimate of drug-likeness (QED) is 0.673. The molecule has 78 valence electrons. The van der Waals surface area contributed by atoms with Crippen molar-refractivity contribution in [2.75, 3.05) is 6.61 Å². The Bertz CT molecular complexity index is 506. The Morgan fingerprint density at radius 3 is 3.07 bits per heavy atom. The van der Waals surface area contributed by atoms with Gasteiger partial charge < -0.3 is 4.74 Å². The SMILES string of the molecule is CCOC(=O)c1nnc2ccnn2c1C. The van der Waals surface area contributed by atoms with Crippen molar-refractivity contribution < 1.29 is 9.53 Å². The molecule has 0 aliphatic rings. The van der Waals surface area contributed by atoms with Gasteiger partial charge in [-0.15, -0.1) is 10.2 Å². The standard InChI is InChI=1S/C9H10N4O2/c1-3-15-9(14)8-6(2)13-7(11-12-8)4-5-10-13/h4-5H,3H2,1-2H3. The first-order valence-corrected chi connectivity index (χ1v) is 4.58. The molecule has 2 heterocycles. The van der Waals surface area contributed by atoms with Crippen molar-refractivity contribution in [2.45, 2.75) is 13.8 Å². The highest BCUT2D eigenvalue weighted by molar-refractivity contribution is 5.88. The molecular weight excluding hydrogens is 196 g/mol. The van der Waals surface area contributed by atoms with Gasteiger partial charge in [-0.3, -0.25) is 0 Å². The van der Waals surface area contributed by atoms with Crippen molar-refractivity contribution in [2.24, 2.45) is 0 Å². The van der Waals surface area contributed by atoms with E-state index in [9.17, 15) is 4.79 Å². The van der Waals surface area contributed by atoms with Gasteiger partial charge in [0.1, 0.15) is 0 Å². The summed E-state index contributed by atoms with van der Waals surface area (Å²) in [5.41, 5.74) is 1.44. The Balaban J connectivity index is 2.52. The highest BCUT2D eigenvalue weighted by Crippen LogP contribution is 2.07. The fourth-order valence-corrected chi connectivity index (χ4v) is 1.29. The Hall–Kier alpha value is -1.98. The molecule has 0 aromatic carbocycles. The average molecular weight is 206 g/mol. The second-order valence-corrected chi connectivity index (χ2v) is 2.96. The summed E-state index contributed by atoms with van der Waals surface area (Å²) in [6.45, 7) is 3.81. The summed E-state index contributed by atoms with van der Waals surface area (Å²) in [6.07, 6.45) is 1.60. The predicted molar refractivity (Wildman–Crippen MR) is 51.5 cm³/mol. The molecule has 0 aliphatic carbocycles. The monoisotopic (exact) mass is 206 g/mol. The van der Waals surface area contributed by atoms with Gasteiger partial charge in [0.05, 0.1) is 18.5 Å². The van der Waals surface area contributed by atoms with E-state index in [1.807, 2.05) is 0 Å². The largest absolute Gasteiger partial charge is 0.461 e. The number of carbonyl (C=O) groups excluding carboxylic acids is 1. The van der Waals surface area contributed by atoms with E-state index in [0.29, 0.717) is 17.9 Å². The maximum Gasteiger partial charge on any atom is 0.360 e. The number of ether oxygens (including phenoxy) is 1. The van der Waals surface area contributed by atoms with Crippen LogP contribution in [-0.4, -0.2) is 32.4 Å². The van der Waals surface area contributed by atoms with Crippen LogP contribution in [0.15, 0.2) is 12.3 Å². The van der Waals surface area contributed by atoms with Crippen LogP contribution in [0.4, 0.5) is 0 Å². The molecule has 0 unspecified atom stereocenters. The lowest BCUT2D eigenvalue weighted by Gasteiger charge is -2.04. The topological polar surface area (TPSA) is 69.4 Å². The molecule has 0 spiro atoms. The van der Waals surface area contributed by atoms with Gasteiger partial charge in [-0.25, -0.2) is 9.31 Å². The van der Waals surface area contributed by atoms with E-state index in [4.69, 9.17) is 4.74 Å². The van der Waals surface area contributed by atoms with E-state index < -0.39 is 5.97 Å². The molecule has 2 aromatic heterocycles. The number of hydrogen-bond donors (Lipinski definition) is 0. The minimum Gasteiger partial charge on any atom is -0.461 e. The van der Waals surface area contributed by atoms with Crippen LogP contribution in [0, 0.1) is 6.92 Å². The summed E-state index contributed by atoms with van der Waals surface area (Å²) in [6, 6.07) is 1.72. The van der Waals surface area contributed by atoms with E-state index in [2.05, 4.69) is 15.3 Å². The minimum absolute atomic E-state index is 0.202. The minimum atomic E-state index is -0.472. The maximum atomic E-state index is 11.5. The number of carbonyl (C=O) groups is 1. The van der Waals surface area contributed by atoms with E-state index in [1.54, 1.807) is 30.6 Å². The van der Waals surface area contributed by atoms with Crippen LogP contribution in [0.5, 0.6) is 0 Å². The predicted octanol–water partition coefficient (Wildman–Crippen LogP) is 0.609. The summed E-state index contributed by atoms with van der Waals surface area (Å²) in [5.74, 6) is -0.472. The summed E-state index contributed by atoms with van der Waals surface area (Å²) in [4.78, 5) is 11.5. The Morgan fingerprint density at radius 2 is 2.33 bits per heavy atom. The second kappa shape index (κ2) is 3.64. The van der Waals surface area contributed by atoms with Gasteiger partial charge in [0, 0.05) is 6.07 Å². The Morgan fingerprint density at radius 1 is 1.53 bits per heavy atom. The molecule has 0 saturated carbocycles. The van der Waals surface area contributed by atoms with Crippen LogP contribution in [0.2, 0.25) is 0 Å². The van der Waals surface area contributed by atoms with Crippen molar-refractivity contribution in [1.29, 1.82) is 0 Å². The smallest absolute Gasteiger partial charge is 0.360 e. The van der Waals surface area contributed by atoms with E-state index in [0.717, 1.165) is 0 Å². The number of fused-ring (bicyclic) bond motifs is 1. The lowest BCUT2D eigenvalue weighted by molar-refractivity contribution is 0.0516. The summed E-state index contributed by atoms with van der Waals surface area (Å²) in [7, 11) is 0. The van der Waals surface area contributed by atoms with E-state index in [1.165, 1.54) is 0 Å². The molecule has 0 fully saturated rings. The summed E-state index contributed by atoms with van der Waals surface area (Å²) < 4.78 is 6.41. The molecule has 6 heteroatoms. The third-order valence-electron chi connectivity index (χ3n) is 2.00. The van der Waals surface area contributed by atoms with Gasteiger partial charge in [0.2, 0.25) is 0 Å². The molecule has 0 bridgehead atoms. The zero-order chi connectivity index (χ0) is 10.8. The van der Waals surface area contributed by atoms with E-state index in [-0.39, 0.29) is 5.69 Å². The van der Waals surface area contributed by atoms with Crippen LogP contribution in [-0.2, 0) is 4.74 Å². The van der Waals surface area contributed by atoms with Crippen molar-refractivity contribution in [1.82, 2.24) is 19.8 Å². The fraction of sp³-hybridized carbons (Fsp3) is 0.333. The molecule has 6 nitrogen and oxygen atoms in total. The molecule has 0 aliphatic heterocycles. The van der Waals surface area contributed by atoms with Crippen molar-refractivity contribution in [3.05, 3.63) is 23.7 Å². The molecule has 15 heavy (non-hydrogen) atoms. The molecule has 0 radical (unpaired) electrons. The number of rotatable bonds is 2. The van der Waals surface area contributed by atoms with Crippen LogP contribution in [0.3, 0.4) is 0 Å². The number of nitrogens with zero attached hydrogens (tertiary/aromatic N) is 4. The van der Waals surface area contributed by atoms with Crippen LogP contribution >= 0.6 is 0 Å². The average Bonchev–Trinajstić information content (AvgIpc) is 2.67. The normalized spacial score (nSPS) is 10.5. The first-order chi connectivity index (χ1) is 7.24. The fourth-order valence-electron chi connectivity index (χ4n) is 1.29. The van der Waals surface area contributed by atoms with Crippen LogP contribution in [0.1, 0.15) is 23.1 Å². The van der Waals surface area contributed by atoms with Crippen LogP contribution in [0.25, 0.3) is 5.65 Å². The van der Waals surface area contributed by atoms with Crippen molar-refractivity contribution >= 4 is 11.6 Å². The number of hydrogen-bond acceptors (Lipinski definition) is 5. The number of aryl methyl sites for hydroxylation is 1. The highest BCUT2D eigenvalue weighted by atomic mass is 16.5. The third kappa shape index (κ3) is 1.54. The summed E-state index contributed by atoms with van der Waals surface area (Å²) >= 11 is 0. The molecule has 0 saturated heterocycles. The van der Waals surface area contributed by atoms with Crippen molar-refractivity contribution in [3.63, 3.8) is 0 Å². The highest BCUT2D eigenvalue weighted by Gasteiger charge is 2.15. The molecular formula is C9H10N4O2. The molecule has 0 amide bonds. The van der Waals surface area contributed by atoms with Crippen LogP contribution < -0.4 is 0 Å². The Kier molecular flexibility index (Phi) is 2.32. The van der Waals surface area contributed by atoms with Gasteiger partial charge in [-0.1, -0.05) is 0 Å². The lowest BCUT2D eigenvalue weighted by Crippen LogP contribution is -2.13. The second-order valence-electron chi connectivity index (χ2n) is 2.96. The maximum absolute atomic E-state index is 11.5. The number of aromatic nitrogens is 4. The van der Waals surface area contributed by atoms with E-state index >= 15 is 0 Å². The van der Waals surface area contributed by atoms with Gasteiger partial charge in [-0.2, -0.15) is 5.10 Å². The van der Waals surface area contributed by atoms with Crippen molar-refractivity contribution in [3.8, 4) is 0 Å². The third-order valence-corrected chi connectivity index (χ3v) is 2.00. The Labute approximate surface area is 85.9 Å². The van der Waals surface area contributed by atoms with Gasteiger partial charge >= 0.3 is 5.97 Å². The van der Waals surface area contributed by atoms with Gasteiger partial charge in [0.25, 0.3) is 0 Å². The number of esters is 1. The molecule has 0 atom stereocenters. The zero-order valence-electron chi connectivity index (χ0n) is 8.47. The molecule has 0 N–H and O–H groups in total. The zero-order valence-corrected chi connectivity index (χ0v) is 8.47. The molecule has 2 rings (SSSR count). The molecule has 2 aromatic rings. The first-order valence-electron chi connectivity index (χ1n) is 4.58. The summed E-state index contributed by atoms with van der Waals surface area (Å²) in [5, 5.41) is 11.7. The lowest BCUT2D eigenvalue weighted by atomic mass is 10.3. The van der Waals surface area contributed by atoms with Gasteiger partial charge in [0.15, 0.2) is 11.3 Å². The van der Waals surface area contributed by atoms with Gasteiger partial charge in [-0.05, 0) is 13.8 Å².